The quantitative estimate of drug-likeness (QED) is 0.772. The number of hydrogen-bond donors (Lipinski definition) is 1. The predicted octanol–water partition coefficient (Wildman–Crippen LogP) is 3.94. The zero-order valence-electron chi connectivity index (χ0n) is 12.0. The van der Waals surface area contributed by atoms with Crippen LogP contribution in [-0.2, 0) is 5.60 Å². The summed E-state index contributed by atoms with van der Waals surface area (Å²) in [5, 5.41) is 11.7. The lowest BCUT2D eigenvalue weighted by Crippen LogP contribution is -2.24. The summed E-state index contributed by atoms with van der Waals surface area (Å²) < 4.78 is 14.0. The molecule has 0 amide bonds. The molecule has 0 spiro atoms. The van der Waals surface area contributed by atoms with Gasteiger partial charge in [-0.05, 0) is 43.7 Å². The van der Waals surface area contributed by atoms with Gasteiger partial charge < -0.3 is 5.11 Å². The predicted molar refractivity (Wildman–Crippen MR) is 81.6 cm³/mol. The summed E-state index contributed by atoms with van der Waals surface area (Å²) in [5.41, 5.74) is 1.33. The van der Waals surface area contributed by atoms with Crippen LogP contribution in [0.5, 0.6) is 0 Å². The third-order valence-electron chi connectivity index (χ3n) is 3.79. The number of aromatic nitrogens is 1. The molecular weight excluding hydrogens is 265 g/mol. The van der Waals surface area contributed by atoms with Gasteiger partial charge in [-0.25, -0.2) is 4.39 Å². The maximum Gasteiger partial charge on any atom is 0.129 e. The molecule has 1 N–H and O–H groups in total. The molecule has 1 heterocycles. The van der Waals surface area contributed by atoms with Crippen LogP contribution in [0.1, 0.15) is 23.7 Å². The maximum atomic E-state index is 14.0. The van der Waals surface area contributed by atoms with Gasteiger partial charge in [0.15, 0.2) is 0 Å². The van der Waals surface area contributed by atoms with E-state index in [1.165, 1.54) is 6.07 Å². The summed E-state index contributed by atoms with van der Waals surface area (Å²) >= 11 is 0. The molecular formula is C18H16FNO. The number of benzene rings is 2. The van der Waals surface area contributed by atoms with E-state index < -0.39 is 11.4 Å². The highest BCUT2D eigenvalue weighted by atomic mass is 19.1. The molecule has 0 aliphatic heterocycles. The molecule has 0 bridgehead atoms. The molecule has 3 heteroatoms. The van der Waals surface area contributed by atoms with E-state index in [1.54, 1.807) is 31.2 Å². The molecule has 3 aromatic rings. The van der Waals surface area contributed by atoms with E-state index in [1.807, 2.05) is 31.2 Å². The first-order valence-corrected chi connectivity index (χ1v) is 6.84. The smallest absolute Gasteiger partial charge is 0.129 e. The number of halogens is 1. The zero-order chi connectivity index (χ0) is 15.0. The van der Waals surface area contributed by atoms with Crippen LogP contribution in [0, 0.1) is 12.7 Å². The molecule has 3 rings (SSSR count). The van der Waals surface area contributed by atoms with E-state index >= 15 is 0 Å². The van der Waals surface area contributed by atoms with Crippen molar-refractivity contribution in [2.24, 2.45) is 0 Å². The molecule has 0 fully saturated rings. The number of pyridine rings is 1. The van der Waals surface area contributed by atoms with Crippen LogP contribution in [-0.4, -0.2) is 10.1 Å². The van der Waals surface area contributed by atoms with Crippen LogP contribution in [0.2, 0.25) is 0 Å². The third kappa shape index (κ3) is 2.41. The minimum absolute atomic E-state index is 0.268. The monoisotopic (exact) mass is 281 g/mol. The van der Waals surface area contributed by atoms with Crippen molar-refractivity contribution < 1.29 is 9.50 Å². The number of hydrogen-bond acceptors (Lipinski definition) is 2. The average Bonchev–Trinajstić information content (AvgIpc) is 2.47. The van der Waals surface area contributed by atoms with E-state index in [-0.39, 0.29) is 5.56 Å². The van der Waals surface area contributed by atoms with Gasteiger partial charge in [0, 0.05) is 16.6 Å². The second kappa shape index (κ2) is 4.93. The number of rotatable bonds is 2. The lowest BCUT2D eigenvalue weighted by Gasteiger charge is -2.25. The second-order valence-electron chi connectivity index (χ2n) is 5.41. The zero-order valence-corrected chi connectivity index (χ0v) is 12.0. The Labute approximate surface area is 122 Å². The Morgan fingerprint density at radius 3 is 2.57 bits per heavy atom. The molecule has 0 radical (unpaired) electrons. The van der Waals surface area contributed by atoms with E-state index in [0.29, 0.717) is 5.56 Å². The summed E-state index contributed by atoms with van der Waals surface area (Å²) in [5.74, 6) is -0.412. The van der Waals surface area contributed by atoms with Crippen molar-refractivity contribution in [3.05, 3.63) is 77.2 Å². The number of aryl methyl sites for hydroxylation is 1. The van der Waals surface area contributed by atoms with Crippen molar-refractivity contribution in [2.45, 2.75) is 19.4 Å². The lowest BCUT2D eigenvalue weighted by molar-refractivity contribution is 0.0981. The standard InChI is InChI=1S/C18H16FNO/c1-12-7-8-13-11-14(9-10-17(13)20-12)18(2,21)15-5-3-4-6-16(15)19/h3-11,21H,1-2H3. The highest BCUT2D eigenvalue weighted by Gasteiger charge is 2.28. The summed E-state index contributed by atoms with van der Waals surface area (Å²) in [4.78, 5) is 4.43. The summed E-state index contributed by atoms with van der Waals surface area (Å²) in [7, 11) is 0. The van der Waals surface area contributed by atoms with Crippen LogP contribution in [0.15, 0.2) is 54.6 Å². The van der Waals surface area contributed by atoms with Crippen molar-refractivity contribution in [3.63, 3.8) is 0 Å². The minimum Gasteiger partial charge on any atom is -0.381 e. The Hall–Kier alpha value is -2.26. The van der Waals surface area contributed by atoms with Crippen molar-refractivity contribution in [1.82, 2.24) is 4.98 Å². The first kappa shape index (κ1) is 13.7. The molecule has 1 aromatic heterocycles. The topological polar surface area (TPSA) is 33.1 Å². The molecule has 0 aliphatic rings. The molecule has 0 saturated heterocycles. The minimum atomic E-state index is -1.38. The number of aliphatic hydroxyl groups is 1. The van der Waals surface area contributed by atoms with Gasteiger partial charge in [0.1, 0.15) is 11.4 Å². The Morgan fingerprint density at radius 2 is 1.81 bits per heavy atom. The fraction of sp³-hybridized carbons (Fsp3) is 0.167. The van der Waals surface area contributed by atoms with Crippen LogP contribution in [0.4, 0.5) is 4.39 Å². The summed E-state index contributed by atoms with van der Waals surface area (Å²) in [6.45, 7) is 3.54. The molecule has 21 heavy (non-hydrogen) atoms. The van der Waals surface area contributed by atoms with Crippen LogP contribution in [0.25, 0.3) is 10.9 Å². The fourth-order valence-electron chi connectivity index (χ4n) is 2.54. The van der Waals surface area contributed by atoms with Crippen LogP contribution >= 0.6 is 0 Å². The van der Waals surface area contributed by atoms with Gasteiger partial charge in [0.05, 0.1) is 5.52 Å². The van der Waals surface area contributed by atoms with Gasteiger partial charge in [0.2, 0.25) is 0 Å². The lowest BCUT2D eigenvalue weighted by atomic mass is 9.87. The molecule has 1 atom stereocenters. The van der Waals surface area contributed by atoms with E-state index in [2.05, 4.69) is 4.98 Å². The average molecular weight is 281 g/mol. The van der Waals surface area contributed by atoms with Crippen LogP contribution < -0.4 is 0 Å². The first-order valence-electron chi connectivity index (χ1n) is 6.84. The molecule has 1 unspecified atom stereocenters. The van der Waals surface area contributed by atoms with Crippen LogP contribution in [0.3, 0.4) is 0 Å². The molecule has 2 nitrogen and oxygen atoms in total. The van der Waals surface area contributed by atoms with Crippen molar-refractivity contribution in [1.29, 1.82) is 0 Å². The Bertz CT molecular complexity index is 811. The maximum absolute atomic E-state index is 14.0. The van der Waals surface area contributed by atoms with E-state index in [0.717, 1.165) is 16.6 Å². The summed E-state index contributed by atoms with van der Waals surface area (Å²) in [6, 6.07) is 15.7. The van der Waals surface area contributed by atoms with Crippen molar-refractivity contribution in [2.75, 3.05) is 0 Å². The molecule has 0 aliphatic carbocycles. The normalized spacial score (nSPS) is 14.1. The largest absolute Gasteiger partial charge is 0.381 e. The molecule has 2 aromatic carbocycles. The van der Waals surface area contributed by atoms with Gasteiger partial charge in [-0.1, -0.05) is 30.3 Å². The van der Waals surface area contributed by atoms with Crippen molar-refractivity contribution >= 4 is 10.9 Å². The van der Waals surface area contributed by atoms with Crippen molar-refractivity contribution in [3.8, 4) is 0 Å². The van der Waals surface area contributed by atoms with Gasteiger partial charge in [0.25, 0.3) is 0 Å². The van der Waals surface area contributed by atoms with Gasteiger partial charge >= 0.3 is 0 Å². The third-order valence-corrected chi connectivity index (χ3v) is 3.79. The fourth-order valence-corrected chi connectivity index (χ4v) is 2.54. The van der Waals surface area contributed by atoms with Gasteiger partial charge in [-0.3, -0.25) is 4.98 Å². The highest BCUT2D eigenvalue weighted by molar-refractivity contribution is 5.79. The number of fused-ring (bicyclic) bond motifs is 1. The summed E-state index contributed by atoms with van der Waals surface area (Å²) in [6.07, 6.45) is 0. The van der Waals surface area contributed by atoms with E-state index in [9.17, 15) is 9.50 Å². The van der Waals surface area contributed by atoms with E-state index in [4.69, 9.17) is 0 Å². The highest BCUT2D eigenvalue weighted by Crippen LogP contribution is 2.32. The Kier molecular flexibility index (Phi) is 3.22. The Morgan fingerprint density at radius 1 is 1.05 bits per heavy atom. The van der Waals surface area contributed by atoms with Gasteiger partial charge in [-0.15, -0.1) is 0 Å². The second-order valence-corrected chi connectivity index (χ2v) is 5.41. The molecule has 106 valence electrons. The number of nitrogens with zero attached hydrogens (tertiary/aromatic N) is 1. The SMILES string of the molecule is Cc1ccc2cc(C(C)(O)c3ccccc3F)ccc2n1. The first-order chi connectivity index (χ1) is 9.98. The molecule has 0 saturated carbocycles. The Balaban J connectivity index is 2.15. The van der Waals surface area contributed by atoms with Gasteiger partial charge in [-0.2, -0.15) is 0 Å².